The van der Waals surface area contributed by atoms with Crippen molar-refractivity contribution in [1.82, 2.24) is 14.9 Å². The molecule has 3 aromatic rings. The Hall–Kier alpha value is -3.02. The van der Waals surface area contributed by atoms with Gasteiger partial charge >= 0.3 is 0 Å². The Kier molecular flexibility index (Phi) is 5.19. The Labute approximate surface area is 163 Å². The molecule has 0 unspecified atom stereocenters. The summed E-state index contributed by atoms with van der Waals surface area (Å²) in [5.74, 6) is 0.967. The molecule has 144 valence electrons. The molecule has 2 aromatic heterocycles. The maximum atomic E-state index is 13.9. The molecule has 0 spiro atoms. The number of aromatic nitrogens is 2. The first-order valence-corrected chi connectivity index (χ1v) is 9.51. The highest BCUT2D eigenvalue weighted by Crippen LogP contribution is 2.28. The van der Waals surface area contributed by atoms with Gasteiger partial charge in [-0.25, -0.2) is 14.4 Å². The van der Waals surface area contributed by atoms with Gasteiger partial charge in [-0.05, 0) is 43.5 Å². The lowest BCUT2D eigenvalue weighted by molar-refractivity contribution is 0.0691. The summed E-state index contributed by atoms with van der Waals surface area (Å²) in [6, 6.07) is 12.1. The molecule has 6 heteroatoms. The zero-order chi connectivity index (χ0) is 19.5. The lowest BCUT2D eigenvalue weighted by Gasteiger charge is -2.31. The number of halogens is 1. The predicted octanol–water partition coefficient (Wildman–Crippen LogP) is 4.13. The number of hydrogen-bond donors (Lipinski definition) is 0. The van der Waals surface area contributed by atoms with Gasteiger partial charge in [0.15, 0.2) is 5.89 Å². The van der Waals surface area contributed by atoms with Crippen LogP contribution in [0.25, 0.3) is 0 Å². The molecular weight excluding hydrogens is 357 g/mol. The molecule has 1 saturated heterocycles. The van der Waals surface area contributed by atoms with Crippen LogP contribution in [0.5, 0.6) is 0 Å². The van der Waals surface area contributed by atoms with Crippen molar-refractivity contribution < 1.29 is 13.6 Å². The number of hydrogen-bond acceptors (Lipinski definition) is 4. The number of benzene rings is 1. The van der Waals surface area contributed by atoms with E-state index in [4.69, 9.17) is 4.42 Å². The van der Waals surface area contributed by atoms with E-state index in [0.29, 0.717) is 42.4 Å². The number of amides is 1. The molecule has 1 atom stereocenters. The minimum atomic E-state index is -0.249. The van der Waals surface area contributed by atoms with Crippen molar-refractivity contribution in [2.24, 2.45) is 0 Å². The molecule has 1 amide bonds. The van der Waals surface area contributed by atoms with Gasteiger partial charge in [0, 0.05) is 25.2 Å². The van der Waals surface area contributed by atoms with Crippen molar-refractivity contribution >= 4 is 5.91 Å². The number of likely N-dealkylation sites (tertiary alicyclic amines) is 1. The number of piperidine rings is 1. The zero-order valence-corrected chi connectivity index (χ0v) is 15.8. The molecule has 1 aromatic carbocycles. The Balaban J connectivity index is 1.46. The molecular formula is C22H22FN3O2. The van der Waals surface area contributed by atoms with E-state index in [2.05, 4.69) is 9.97 Å². The molecule has 5 nitrogen and oxygen atoms in total. The lowest BCUT2D eigenvalue weighted by Crippen LogP contribution is -2.39. The zero-order valence-electron chi connectivity index (χ0n) is 15.8. The highest BCUT2D eigenvalue weighted by Gasteiger charge is 2.29. The van der Waals surface area contributed by atoms with Gasteiger partial charge in [0.2, 0.25) is 0 Å². The van der Waals surface area contributed by atoms with E-state index in [-0.39, 0.29) is 17.6 Å². The van der Waals surface area contributed by atoms with E-state index < -0.39 is 0 Å². The number of nitrogens with zero attached hydrogens (tertiary/aromatic N) is 3. The number of rotatable bonds is 4. The van der Waals surface area contributed by atoms with E-state index in [0.717, 1.165) is 18.5 Å². The third-order valence-corrected chi connectivity index (χ3v) is 5.06. The van der Waals surface area contributed by atoms with E-state index in [1.807, 2.05) is 24.0 Å². The van der Waals surface area contributed by atoms with Crippen molar-refractivity contribution in [2.45, 2.75) is 32.1 Å². The molecule has 0 N–H and O–H groups in total. The van der Waals surface area contributed by atoms with Crippen LogP contribution in [0.2, 0.25) is 0 Å². The monoisotopic (exact) mass is 379 g/mol. The smallest absolute Gasteiger partial charge is 0.272 e. The van der Waals surface area contributed by atoms with Gasteiger partial charge in [-0.3, -0.25) is 4.79 Å². The fourth-order valence-electron chi connectivity index (χ4n) is 3.61. The minimum Gasteiger partial charge on any atom is -0.445 e. The summed E-state index contributed by atoms with van der Waals surface area (Å²) >= 11 is 0. The Bertz CT molecular complexity index is 985. The van der Waals surface area contributed by atoms with Crippen LogP contribution in [0.15, 0.2) is 53.1 Å². The second kappa shape index (κ2) is 7.92. The summed E-state index contributed by atoms with van der Waals surface area (Å²) in [7, 11) is 0. The normalized spacial score (nSPS) is 16.9. The SMILES string of the molecule is Cc1cccc(C(=O)N2CCC[C@@H](c3ncc(Cc4ccccc4F)o3)C2)n1. The lowest BCUT2D eigenvalue weighted by atomic mass is 9.97. The summed E-state index contributed by atoms with van der Waals surface area (Å²) in [6.07, 6.45) is 3.81. The molecule has 28 heavy (non-hydrogen) atoms. The molecule has 1 fully saturated rings. The van der Waals surface area contributed by atoms with Crippen LogP contribution in [-0.2, 0) is 6.42 Å². The summed E-state index contributed by atoms with van der Waals surface area (Å²) < 4.78 is 19.8. The topological polar surface area (TPSA) is 59.2 Å². The van der Waals surface area contributed by atoms with Gasteiger partial charge in [0.1, 0.15) is 17.3 Å². The summed E-state index contributed by atoms with van der Waals surface area (Å²) in [6.45, 7) is 3.13. The van der Waals surface area contributed by atoms with Crippen molar-refractivity contribution in [2.75, 3.05) is 13.1 Å². The molecule has 0 aliphatic carbocycles. The first kappa shape index (κ1) is 18.3. The minimum absolute atomic E-state index is 0.0388. The summed E-state index contributed by atoms with van der Waals surface area (Å²) in [4.78, 5) is 23.3. The fourth-order valence-corrected chi connectivity index (χ4v) is 3.61. The second-order valence-corrected chi connectivity index (χ2v) is 7.19. The van der Waals surface area contributed by atoms with Gasteiger partial charge < -0.3 is 9.32 Å². The first-order valence-electron chi connectivity index (χ1n) is 9.51. The molecule has 4 rings (SSSR count). The van der Waals surface area contributed by atoms with Gasteiger partial charge in [-0.2, -0.15) is 0 Å². The number of carbonyl (C=O) groups is 1. The van der Waals surface area contributed by atoms with Crippen LogP contribution in [-0.4, -0.2) is 33.9 Å². The molecule has 3 heterocycles. The predicted molar refractivity (Wildman–Crippen MR) is 103 cm³/mol. The van der Waals surface area contributed by atoms with Crippen molar-refractivity contribution in [3.63, 3.8) is 0 Å². The Morgan fingerprint density at radius 3 is 2.93 bits per heavy atom. The summed E-state index contributed by atoms with van der Waals surface area (Å²) in [5, 5.41) is 0. The molecule has 0 bridgehead atoms. The van der Waals surface area contributed by atoms with Crippen molar-refractivity contribution in [3.8, 4) is 0 Å². The van der Waals surface area contributed by atoms with Gasteiger partial charge in [-0.1, -0.05) is 24.3 Å². The quantitative estimate of drug-likeness (QED) is 0.684. The molecule has 1 aliphatic rings. The largest absolute Gasteiger partial charge is 0.445 e. The average Bonchev–Trinajstić information content (AvgIpc) is 3.18. The van der Waals surface area contributed by atoms with Crippen LogP contribution >= 0.6 is 0 Å². The maximum absolute atomic E-state index is 13.9. The van der Waals surface area contributed by atoms with Crippen molar-refractivity contribution in [3.05, 3.63) is 83.1 Å². The maximum Gasteiger partial charge on any atom is 0.272 e. The summed E-state index contributed by atoms with van der Waals surface area (Å²) in [5.41, 5.74) is 1.87. The van der Waals surface area contributed by atoms with Crippen LogP contribution < -0.4 is 0 Å². The highest BCUT2D eigenvalue weighted by molar-refractivity contribution is 5.92. The Morgan fingerprint density at radius 1 is 1.25 bits per heavy atom. The van der Waals surface area contributed by atoms with E-state index in [1.165, 1.54) is 6.07 Å². The molecule has 0 saturated carbocycles. The fraction of sp³-hybridized carbons (Fsp3) is 0.318. The van der Waals surface area contributed by atoms with Gasteiger partial charge in [-0.15, -0.1) is 0 Å². The molecule has 0 radical (unpaired) electrons. The van der Waals surface area contributed by atoms with Crippen LogP contribution in [0.1, 0.15) is 52.2 Å². The standard InChI is InChI=1S/C22H22FN3O2/c1-15-6-4-10-20(25-15)22(27)26-11-5-8-17(14-26)21-24-13-18(28-21)12-16-7-2-3-9-19(16)23/h2-4,6-7,9-10,13,17H,5,8,11-12,14H2,1H3/t17-/m1/s1. The van der Waals surface area contributed by atoms with Gasteiger partial charge in [0.25, 0.3) is 5.91 Å². The van der Waals surface area contributed by atoms with Crippen LogP contribution in [0.4, 0.5) is 4.39 Å². The van der Waals surface area contributed by atoms with E-state index >= 15 is 0 Å². The third-order valence-electron chi connectivity index (χ3n) is 5.06. The number of aryl methyl sites for hydroxylation is 1. The van der Waals surface area contributed by atoms with E-state index in [1.54, 1.807) is 30.5 Å². The second-order valence-electron chi connectivity index (χ2n) is 7.19. The van der Waals surface area contributed by atoms with Crippen molar-refractivity contribution in [1.29, 1.82) is 0 Å². The van der Waals surface area contributed by atoms with Crippen LogP contribution in [0, 0.1) is 12.7 Å². The first-order chi connectivity index (χ1) is 13.6. The highest BCUT2D eigenvalue weighted by atomic mass is 19.1. The third kappa shape index (κ3) is 3.96. The Morgan fingerprint density at radius 2 is 2.11 bits per heavy atom. The van der Waals surface area contributed by atoms with E-state index in [9.17, 15) is 9.18 Å². The number of carbonyl (C=O) groups excluding carboxylic acids is 1. The molecule has 1 aliphatic heterocycles. The van der Waals surface area contributed by atoms with Crippen LogP contribution in [0.3, 0.4) is 0 Å². The average molecular weight is 379 g/mol. The number of oxazole rings is 1. The van der Waals surface area contributed by atoms with Gasteiger partial charge in [0.05, 0.1) is 12.1 Å². The number of pyridine rings is 1.